The van der Waals surface area contributed by atoms with Crippen molar-refractivity contribution in [3.8, 4) is 5.75 Å². The number of nitrogens with zero attached hydrogens (tertiary/aromatic N) is 1. The Hall–Kier alpha value is -3.43. The molecule has 0 atom stereocenters. The molecule has 0 aromatic heterocycles. The lowest BCUT2D eigenvalue weighted by molar-refractivity contribution is 0.0737. The predicted octanol–water partition coefficient (Wildman–Crippen LogP) is 6.46. The Bertz CT molecular complexity index is 1140. The lowest BCUT2D eigenvalue weighted by Crippen LogP contribution is -2.09. The third-order valence-electron chi connectivity index (χ3n) is 4.29. The van der Waals surface area contributed by atoms with Crippen molar-refractivity contribution in [3.63, 3.8) is 0 Å². The minimum absolute atomic E-state index is 0.376. The number of hydrogen-bond donors (Lipinski definition) is 0. The molecular formula is C24H16ClNO2. The Morgan fingerprint density at radius 3 is 2.32 bits per heavy atom. The van der Waals surface area contributed by atoms with Gasteiger partial charge in [0.15, 0.2) is 0 Å². The zero-order valence-electron chi connectivity index (χ0n) is 14.9. The molecule has 0 aliphatic carbocycles. The van der Waals surface area contributed by atoms with E-state index in [0.717, 1.165) is 22.0 Å². The van der Waals surface area contributed by atoms with Crippen LogP contribution in [0.4, 0.5) is 5.69 Å². The van der Waals surface area contributed by atoms with E-state index < -0.39 is 0 Å². The lowest BCUT2D eigenvalue weighted by atomic mass is 10.0. The number of ether oxygens (including phenoxy) is 1. The number of esters is 1. The van der Waals surface area contributed by atoms with Gasteiger partial charge in [-0.05, 0) is 70.9 Å². The predicted molar refractivity (Wildman–Crippen MR) is 114 cm³/mol. The summed E-state index contributed by atoms with van der Waals surface area (Å²) in [5, 5.41) is 2.56. The summed E-state index contributed by atoms with van der Waals surface area (Å²) in [5.74, 6) is 0.112. The van der Waals surface area contributed by atoms with E-state index in [4.69, 9.17) is 16.3 Å². The van der Waals surface area contributed by atoms with Crippen LogP contribution in [-0.2, 0) is 0 Å². The molecule has 0 radical (unpaired) electrons. The molecule has 0 N–H and O–H groups in total. The average molecular weight is 386 g/mol. The Kier molecular flexibility index (Phi) is 5.18. The SMILES string of the molecule is O=C(Oc1ccc(C=Nc2ccc(Cl)cc2)cc1)c1cccc2ccccc12. The maximum absolute atomic E-state index is 12.6. The highest BCUT2D eigenvalue weighted by molar-refractivity contribution is 6.30. The van der Waals surface area contributed by atoms with Gasteiger partial charge in [-0.3, -0.25) is 4.99 Å². The smallest absolute Gasteiger partial charge is 0.344 e. The zero-order chi connectivity index (χ0) is 19.3. The summed E-state index contributed by atoms with van der Waals surface area (Å²) < 4.78 is 5.54. The maximum Gasteiger partial charge on any atom is 0.344 e. The highest BCUT2D eigenvalue weighted by atomic mass is 35.5. The first kappa shape index (κ1) is 18.0. The molecule has 4 aromatic carbocycles. The van der Waals surface area contributed by atoms with Crippen LogP contribution in [0, 0.1) is 0 Å². The van der Waals surface area contributed by atoms with E-state index in [1.807, 2.05) is 60.7 Å². The van der Waals surface area contributed by atoms with Gasteiger partial charge in [0.2, 0.25) is 0 Å². The fourth-order valence-corrected chi connectivity index (χ4v) is 2.99. The molecule has 0 aliphatic rings. The van der Waals surface area contributed by atoms with E-state index in [-0.39, 0.29) is 5.97 Å². The number of carbonyl (C=O) groups is 1. The van der Waals surface area contributed by atoms with Crippen LogP contribution in [0.5, 0.6) is 5.75 Å². The Morgan fingerprint density at radius 2 is 1.54 bits per heavy atom. The summed E-state index contributed by atoms with van der Waals surface area (Å²) in [6.45, 7) is 0. The molecule has 0 fully saturated rings. The molecule has 28 heavy (non-hydrogen) atoms. The molecule has 3 nitrogen and oxygen atoms in total. The monoisotopic (exact) mass is 385 g/mol. The summed E-state index contributed by atoms with van der Waals surface area (Å²) in [7, 11) is 0. The first-order valence-corrected chi connectivity index (χ1v) is 9.16. The van der Waals surface area contributed by atoms with E-state index in [9.17, 15) is 4.79 Å². The molecule has 136 valence electrons. The number of hydrogen-bond acceptors (Lipinski definition) is 3. The molecule has 0 unspecified atom stereocenters. The standard InChI is InChI=1S/C24H16ClNO2/c25-19-10-12-20(13-11-19)26-16-17-8-14-21(15-9-17)28-24(27)23-7-3-5-18-4-1-2-6-22(18)23/h1-16H. The van der Waals surface area contributed by atoms with Crippen LogP contribution >= 0.6 is 11.6 Å². The van der Waals surface area contributed by atoms with E-state index in [1.165, 1.54) is 0 Å². The van der Waals surface area contributed by atoms with Crippen molar-refractivity contribution >= 4 is 40.2 Å². The number of halogens is 1. The van der Waals surface area contributed by atoms with Gasteiger partial charge in [0.25, 0.3) is 0 Å². The number of aliphatic imine (C=N–C) groups is 1. The quantitative estimate of drug-likeness (QED) is 0.229. The first-order valence-electron chi connectivity index (χ1n) is 8.79. The topological polar surface area (TPSA) is 38.7 Å². The molecule has 4 rings (SSSR count). The number of fused-ring (bicyclic) bond motifs is 1. The van der Waals surface area contributed by atoms with Crippen molar-refractivity contribution in [2.75, 3.05) is 0 Å². The van der Waals surface area contributed by atoms with E-state index >= 15 is 0 Å². The summed E-state index contributed by atoms with van der Waals surface area (Å²) in [6.07, 6.45) is 1.75. The lowest BCUT2D eigenvalue weighted by Gasteiger charge is -2.07. The second-order valence-electron chi connectivity index (χ2n) is 6.22. The van der Waals surface area contributed by atoms with Crippen LogP contribution in [0.15, 0.2) is 96.0 Å². The highest BCUT2D eigenvalue weighted by Crippen LogP contribution is 2.21. The van der Waals surface area contributed by atoms with Gasteiger partial charge in [-0.25, -0.2) is 4.79 Å². The Balaban J connectivity index is 1.48. The van der Waals surface area contributed by atoms with Crippen LogP contribution in [0.25, 0.3) is 10.8 Å². The van der Waals surface area contributed by atoms with Gasteiger partial charge in [-0.15, -0.1) is 0 Å². The van der Waals surface area contributed by atoms with Gasteiger partial charge in [0.1, 0.15) is 5.75 Å². The van der Waals surface area contributed by atoms with Gasteiger partial charge in [0, 0.05) is 11.2 Å². The van der Waals surface area contributed by atoms with Gasteiger partial charge >= 0.3 is 5.97 Å². The van der Waals surface area contributed by atoms with Crippen LogP contribution in [0.3, 0.4) is 0 Å². The van der Waals surface area contributed by atoms with Crippen molar-refractivity contribution in [1.82, 2.24) is 0 Å². The van der Waals surface area contributed by atoms with Crippen LogP contribution in [-0.4, -0.2) is 12.2 Å². The third-order valence-corrected chi connectivity index (χ3v) is 4.54. The second-order valence-corrected chi connectivity index (χ2v) is 6.66. The third kappa shape index (κ3) is 4.11. The summed E-state index contributed by atoms with van der Waals surface area (Å²) in [4.78, 5) is 17.0. The molecule has 4 heteroatoms. The minimum atomic E-state index is -0.376. The van der Waals surface area contributed by atoms with Crippen LogP contribution in [0.2, 0.25) is 5.02 Å². The molecule has 0 aliphatic heterocycles. The number of benzene rings is 4. The summed E-state index contributed by atoms with van der Waals surface area (Å²) >= 11 is 5.87. The van der Waals surface area contributed by atoms with Crippen molar-refractivity contribution in [3.05, 3.63) is 107 Å². The zero-order valence-corrected chi connectivity index (χ0v) is 15.6. The van der Waals surface area contributed by atoms with Gasteiger partial charge in [0.05, 0.1) is 11.3 Å². The number of rotatable bonds is 4. The van der Waals surface area contributed by atoms with Crippen molar-refractivity contribution < 1.29 is 9.53 Å². The molecule has 4 aromatic rings. The van der Waals surface area contributed by atoms with Gasteiger partial charge in [-0.1, -0.05) is 48.0 Å². The fourth-order valence-electron chi connectivity index (χ4n) is 2.86. The maximum atomic E-state index is 12.6. The summed E-state index contributed by atoms with van der Waals surface area (Å²) in [5.41, 5.74) is 2.27. The van der Waals surface area contributed by atoms with E-state index in [0.29, 0.717) is 16.3 Å². The first-order chi connectivity index (χ1) is 13.7. The van der Waals surface area contributed by atoms with Crippen molar-refractivity contribution in [1.29, 1.82) is 0 Å². The molecule has 0 bridgehead atoms. The molecular weight excluding hydrogens is 370 g/mol. The molecule has 0 spiro atoms. The van der Waals surface area contributed by atoms with Crippen molar-refractivity contribution in [2.45, 2.75) is 0 Å². The molecule has 0 amide bonds. The minimum Gasteiger partial charge on any atom is -0.423 e. The summed E-state index contributed by atoms with van der Waals surface area (Å²) in [6, 6.07) is 27.9. The number of carbonyl (C=O) groups excluding carboxylic acids is 1. The molecule has 0 saturated carbocycles. The van der Waals surface area contributed by atoms with Gasteiger partial charge < -0.3 is 4.74 Å². The Labute approximate surface area is 167 Å². The largest absolute Gasteiger partial charge is 0.423 e. The highest BCUT2D eigenvalue weighted by Gasteiger charge is 2.12. The van der Waals surface area contributed by atoms with Crippen LogP contribution in [0.1, 0.15) is 15.9 Å². The normalized spacial score (nSPS) is 11.0. The van der Waals surface area contributed by atoms with Gasteiger partial charge in [-0.2, -0.15) is 0 Å². The van der Waals surface area contributed by atoms with Crippen molar-refractivity contribution in [2.24, 2.45) is 4.99 Å². The molecule has 0 saturated heterocycles. The average Bonchev–Trinajstić information content (AvgIpc) is 2.74. The van der Waals surface area contributed by atoms with Crippen LogP contribution < -0.4 is 4.74 Å². The van der Waals surface area contributed by atoms with E-state index in [1.54, 1.807) is 36.5 Å². The Morgan fingerprint density at radius 1 is 0.821 bits per heavy atom. The molecule has 0 heterocycles. The van der Waals surface area contributed by atoms with E-state index in [2.05, 4.69) is 4.99 Å². The second kappa shape index (κ2) is 8.07. The fraction of sp³-hybridized carbons (Fsp3) is 0.